The van der Waals surface area contributed by atoms with Gasteiger partial charge in [0, 0.05) is 20.1 Å². The van der Waals surface area contributed by atoms with Crippen LogP contribution in [0.25, 0.3) is 0 Å². The predicted molar refractivity (Wildman–Crippen MR) is 79.0 cm³/mol. The molecule has 0 aliphatic carbocycles. The van der Waals surface area contributed by atoms with Crippen molar-refractivity contribution >= 4 is 27.5 Å². The number of aromatic nitrogens is 3. The molecule has 1 aromatic rings. The van der Waals surface area contributed by atoms with E-state index in [1.54, 1.807) is 21.0 Å². The van der Waals surface area contributed by atoms with Crippen LogP contribution in [0.5, 0.6) is 0 Å². The molecule has 1 aliphatic rings. The lowest BCUT2D eigenvalue weighted by atomic mass is 10.2. The van der Waals surface area contributed by atoms with Gasteiger partial charge in [0.1, 0.15) is 0 Å². The van der Waals surface area contributed by atoms with Gasteiger partial charge in [0.05, 0.1) is 16.8 Å². The van der Waals surface area contributed by atoms with E-state index in [1.165, 1.54) is 21.2 Å². The highest BCUT2D eigenvalue weighted by molar-refractivity contribution is 8.00. The van der Waals surface area contributed by atoms with Crippen molar-refractivity contribution in [2.75, 3.05) is 18.6 Å². The first-order chi connectivity index (χ1) is 9.71. The molecule has 118 valence electrons. The fourth-order valence-electron chi connectivity index (χ4n) is 2.19. The number of thioether (sulfide) groups is 1. The third-order valence-corrected chi connectivity index (χ3v) is 6.45. The third-order valence-electron chi connectivity index (χ3n) is 3.57. The summed E-state index contributed by atoms with van der Waals surface area (Å²) in [5.74, 6) is -0.0179. The molecule has 10 heteroatoms. The molecule has 2 heterocycles. The van der Waals surface area contributed by atoms with Gasteiger partial charge in [-0.05, 0) is 13.3 Å². The van der Waals surface area contributed by atoms with Crippen molar-refractivity contribution in [3.8, 4) is 0 Å². The molecular weight excluding hydrogens is 316 g/mol. The molecule has 1 aliphatic heterocycles. The number of nitrogens with zero attached hydrogens (tertiary/aromatic N) is 3. The van der Waals surface area contributed by atoms with E-state index in [0.29, 0.717) is 11.6 Å². The molecule has 1 fully saturated rings. The maximum Gasteiger partial charge on any atom is 0.343 e. The number of carbonyl (C=O) groups excluding carboxylic acids is 1. The molecule has 2 atom stereocenters. The number of amides is 1. The van der Waals surface area contributed by atoms with Gasteiger partial charge in [0.15, 0.2) is 15.0 Å². The van der Waals surface area contributed by atoms with Gasteiger partial charge >= 0.3 is 5.69 Å². The number of sulfone groups is 1. The van der Waals surface area contributed by atoms with Crippen LogP contribution in [0.2, 0.25) is 0 Å². The first kappa shape index (κ1) is 16.1. The minimum Gasteiger partial charge on any atom is -0.341 e. The van der Waals surface area contributed by atoms with Crippen molar-refractivity contribution in [1.29, 1.82) is 0 Å². The second kappa shape index (κ2) is 5.84. The number of carbonyl (C=O) groups is 1. The highest BCUT2D eigenvalue weighted by Gasteiger charge is 2.34. The summed E-state index contributed by atoms with van der Waals surface area (Å²) in [5, 5.41) is 6.12. The molecule has 8 nitrogen and oxygen atoms in total. The molecule has 1 amide bonds. The normalized spacial score (nSPS) is 22.1. The molecule has 0 saturated carbocycles. The molecule has 1 aromatic heterocycles. The van der Waals surface area contributed by atoms with Gasteiger partial charge in [-0.3, -0.25) is 9.36 Å². The Bertz CT molecular complexity index is 693. The fraction of sp³-hybridized carbons (Fsp3) is 0.727. The van der Waals surface area contributed by atoms with E-state index in [-0.39, 0.29) is 29.1 Å². The molecular formula is C11H18N4O4S2. The minimum absolute atomic E-state index is 0.0213. The van der Waals surface area contributed by atoms with Crippen LogP contribution < -0.4 is 5.69 Å². The average molecular weight is 334 g/mol. The zero-order valence-electron chi connectivity index (χ0n) is 12.1. The van der Waals surface area contributed by atoms with Crippen LogP contribution in [-0.2, 0) is 21.7 Å². The average Bonchev–Trinajstić information content (AvgIpc) is 2.93. The predicted octanol–water partition coefficient (Wildman–Crippen LogP) is -0.765. The van der Waals surface area contributed by atoms with Gasteiger partial charge in [-0.15, -0.1) is 5.10 Å². The Labute approximate surface area is 126 Å². The van der Waals surface area contributed by atoms with Crippen LogP contribution in [0.3, 0.4) is 0 Å². The Balaban J connectivity index is 2.02. The molecule has 2 rings (SSSR count). The van der Waals surface area contributed by atoms with Gasteiger partial charge < -0.3 is 4.90 Å². The van der Waals surface area contributed by atoms with E-state index < -0.39 is 15.1 Å². The summed E-state index contributed by atoms with van der Waals surface area (Å²) in [6.45, 7) is 1.71. The zero-order chi connectivity index (χ0) is 15.8. The Morgan fingerprint density at radius 1 is 1.57 bits per heavy atom. The molecule has 1 N–H and O–H groups in total. The van der Waals surface area contributed by atoms with Gasteiger partial charge in [-0.2, -0.15) is 0 Å². The highest BCUT2D eigenvalue weighted by atomic mass is 32.2. The highest BCUT2D eigenvalue weighted by Crippen LogP contribution is 2.23. The summed E-state index contributed by atoms with van der Waals surface area (Å²) >= 11 is 1.17. The van der Waals surface area contributed by atoms with Crippen LogP contribution >= 0.6 is 11.8 Å². The second-order valence-corrected chi connectivity index (χ2v) is 8.67. The summed E-state index contributed by atoms with van der Waals surface area (Å²) in [6.07, 6.45) is 0.475. The fourth-order valence-corrected chi connectivity index (χ4v) is 4.89. The molecule has 21 heavy (non-hydrogen) atoms. The molecule has 0 unspecified atom stereocenters. The Morgan fingerprint density at radius 3 is 2.71 bits per heavy atom. The number of aromatic amines is 1. The first-order valence-corrected chi connectivity index (χ1v) is 9.16. The van der Waals surface area contributed by atoms with Crippen molar-refractivity contribution in [3.63, 3.8) is 0 Å². The van der Waals surface area contributed by atoms with Gasteiger partial charge in [-0.1, -0.05) is 11.8 Å². The van der Waals surface area contributed by atoms with Crippen molar-refractivity contribution in [2.24, 2.45) is 7.05 Å². The number of nitrogens with one attached hydrogen (secondary N) is 1. The standard InChI is InChI=1S/C11H18N4O4S2/c1-7(20-11-13-12-10(17)15(11)3)9(16)14(2)8-4-5-21(18,19)6-8/h7-8H,4-6H2,1-3H3,(H,12,17)/t7-,8+/m1/s1. The Kier molecular flexibility index (Phi) is 4.47. The summed E-state index contributed by atoms with van der Waals surface area (Å²) < 4.78 is 24.3. The summed E-state index contributed by atoms with van der Waals surface area (Å²) in [7, 11) is 0.162. The van der Waals surface area contributed by atoms with E-state index in [1.807, 2.05) is 0 Å². The smallest absolute Gasteiger partial charge is 0.341 e. The monoisotopic (exact) mass is 334 g/mol. The van der Waals surface area contributed by atoms with E-state index >= 15 is 0 Å². The van der Waals surface area contributed by atoms with Crippen molar-refractivity contribution in [3.05, 3.63) is 10.5 Å². The summed E-state index contributed by atoms with van der Waals surface area (Å²) in [4.78, 5) is 25.1. The van der Waals surface area contributed by atoms with E-state index in [4.69, 9.17) is 0 Å². The Hall–Kier alpha value is -1.29. The number of hydrogen-bond acceptors (Lipinski definition) is 6. The maximum absolute atomic E-state index is 12.3. The second-order valence-electron chi connectivity index (χ2n) is 5.14. The molecule has 1 saturated heterocycles. The number of hydrogen-bond donors (Lipinski definition) is 1. The molecule has 0 bridgehead atoms. The third kappa shape index (κ3) is 3.49. The van der Waals surface area contributed by atoms with Gasteiger partial charge in [0.25, 0.3) is 0 Å². The van der Waals surface area contributed by atoms with Crippen LogP contribution in [0.15, 0.2) is 9.95 Å². The number of H-pyrrole nitrogens is 1. The topological polar surface area (TPSA) is 105 Å². The first-order valence-electron chi connectivity index (χ1n) is 6.46. The van der Waals surface area contributed by atoms with E-state index in [2.05, 4.69) is 10.2 Å². The van der Waals surface area contributed by atoms with Crippen LogP contribution in [0.4, 0.5) is 0 Å². The van der Waals surface area contributed by atoms with Crippen molar-refractivity contribution in [2.45, 2.75) is 29.8 Å². The van der Waals surface area contributed by atoms with E-state index in [0.717, 1.165) is 0 Å². The molecule has 0 radical (unpaired) electrons. The maximum atomic E-state index is 12.3. The zero-order valence-corrected chi connectivity index (χ0v) is 13.7. The molecule has 0 spiro atoms. The quantitative estimate of drug-likeness (QED) is 0.725. The van der Waals surface area contributed by atoms with Crippen LogP contribution in [0.1, 0.15) is 13.3 Å². The lowest BCUT2D eigenvalue weighted by molar-refractivity contribution is -0.130. The molecule has 0 aromatic carbocycles. The van der Waals surface area contributed by atoms with Crippen LogP contribution in [0, 0.1) is 0 Å². The summed E-state index contributed by atoms with van der Waals surface area (Å²) in [5.41, 5.74) is -0.340. The van der Waals surface area contributed by atoms with Gasteiger partial charge in [0.2, 0.25) is 5.91 Å². The SMILES string of the molecule is C[C@@H](Sc1n[nH]c(=O)n1C)C(=O)N(C)[C@H]1CCS(=O)(=O)C1. The van der Waals surface area contributed by atoms with Crippen LogP contribution in [-0.4, -0.2) is 63.8 Å². The Morgan fingerprint density at radius 2 is 2.24 bits per heavy atom. The van der Waals surface area contributed by atoms with E-state index in [9.17, 15) is 18.0 Å². The summed E-state index contributed by atoms with van der Waals surface area (Å²) in [6, 6.07) is -0.270. The largest absolute Gasteiger partial charge is 0.343 e. The van der Waals surface area contributed by atoms with Crippen molar-refractivity contribution in [1.82, 2.24) is 19.7 Å². The lowest BCUT2D eigenvalue weighted by Crippen LogP contribution is -2.41. The van der Waals surface area contributed by atoms with Gasteiger partial charge in [-0.25, -0.2) is 18.3 Å². The van der Waals surface area contributed by atoms with Crippen molar-refractivity contribution < 1.29 is 13.2 Å². The number of rotatable bonds is 4. The minimum atomic E-state index is -3.03. The lowest BCUT2D eigenvalue weighted by Gasteiger charge is -2.26.